The number of nitro groups is 1. The van der Waals surface area contributed by atoms with E-state index in [9.17, 15) is 14.5 Å². The molecule has 0 saturated carbocycles. The molecule has 1 aromatic heterocycles. The van der Waals surface area contributed by atoms with Gasteiger partial charge in [-0.15, -0.1) is 0 Å². The van der Waals surface area contributed by atoms with Crippen LogP contribution in [0.25, 0.3) is 0 Å². The van der Waals surface area contributed by atoms with Gasteiger partial charge in [0.15, 0.2) is 11.6 Å². The average molecular weight is 264 g/mol. The summed E-state index contributed by atoms with van der Waals surface area (Å²) in [5.41, 5.74) is 5.66. The fourth-order valence-corrected chi connectivity index (χ4v) is 1.34. The molecule has 7 nitrogen and oxygen atoms in total. The highest BCUT2D eigenvalue weighted by molar-refractivity contribution is 5.46. The first kappa shape index (κ1) is 12.7. The highest BCUT2D eigenvalue weighted by Gasteiger charge is 2.14. The maximum atomic E-state index is 13.6. The van der Waals surface area contributed by atoms with Crippen LogP contribution >= 0.6 is 0 Å². The standard InChI is InChI=1S/C11H9FN4O3/c1-6-10(13)14-5-15-11(6)19-9-3-2-7(16(17)18)4-8(9)12/h2-5H,1H3,(H2,13,14,15). The molecule has 0 saturated heterocycles. The van der Waals surface area contributed by atoms with Crippen molar-refractivity contribution < 1.29 is 14.1 Å². The zero-order valence-electron chi connectivity index (χ0n) is 9.83. The third-order valence-corrected chi connectivity index (χ3v) is 2.41. The number of rotatable bonds is 3. The Kier molecular flexibility index (Phi) is 3.23. The monoisotopic (exact) mass is 264 g/mol. The summed E-state index contributed by atoms with van der Waals surface area (Å²) < 4.78 is 18.9. The van der Waals surface area contributed by atoms with E-state index in [0.717, 1.165) is 18.2 Å². The van der Waals surface area contributed by atoms with Gasteiger partial charge in [0.2, 0.25) is 5.88 Å². The second kappa shape index (κ2) is 4.84. The number of anilines is 1. The van der Waals surface area contributed by atoms with Gasteiger partial charge in [-0.3, -0.25) is 10.1 Å². The fourth-order valence-electron chi connectivity index (χ4n) is 1.34. The van der Waals surface area contributed by atoms with E-state index in [1.54, 1.807) is 6.92 Å². The topological polar surface area (TPSA) is 104 Å². The minimum Gasteiger partial charge on any atom is -0.435 e. The van der Waals surface area contributed by atoms with Crippen molar-refractivity contribution in [2.45, 2.75) is 6.92 Å². The van der Waals surface area contributed by atoms with Crippen LogP contribution in [-0.4, -0.2) is 14.9 Å². The number of nitro benzene ring substituents is 1. The van der Waals surface area contributed by atoms with Crippen molar-refractivity contribution in [3.05, 3.63) is 46.0 Å². The minimum atomic E-state index is -0.856. The first-order valence-corrected chi connectivity index (χ1v) is 5.18. The molecule has 0 aliphatic heterocycles. The number of nitrogens with two attached hydrogens (primary N) is 1. The lowest BCUT2D eigenvalue weighted by Crippen LogP contribution is -2.00. The summed E-state index contributed by atoms with van der Waals surface area (Å²) in [5, 5.41) is 10.5. The van der Waals surface area contributed by atoms with Gasteiger partial charge in [0.05, 0.1) is 16.6 Å². The number of halogens is 1. The van der Waals surface area contributed by atoms with Crippen LogP contribution in [0.4, 0.5) is 15.9 Å². The molecule has 2 rings (SSSR count). The quantitative estimate of drug-likeness (QED) is 0.673. The molecule has 0 unspecified atom stereocenters. The number of hydrogen-bond donors (Lipinski definition) is 1. The molecule has 2 aromatic rings. The van der Waals surface area contributed by atoms with Crippen molar-refractivity contribution in [3.8, 4) is 11.6 Å². The zero-order valence-corrected chi connectivity index (χ0v) is 9.83. The number of non-ortho nitro benzene ring substituents is 1. The Balaban J connectivity index is 2.34. The second-order valence-corrected chi connectivity index (χ2v) is 3.66. The van der Waals surface area contributed by atoms with Crippen molar-refractivity contribution in [2.24, 2.45) is 0 Å². The number of nitrogens with zero attached hydrogens (tertiary/aromatic N) is 3. The van der Waals surface area contributed by atoms with E-state index < -0.39 is 10.7 Å². The lowest BCUT2D eigenvalue weighted by molar-refractivity contribution is -0.385. The van der Waals surface area contributed by atoms with Gasteiger partial charge in [0.1, 0.15) is 12.1 Å². The molecule has 1 heterocycles. The SMILES string of the molecule is Cc1c(N)ncnc1Oc1ccc([N+](=O)[O-])cc1F. The summed E-state index contributed by atoms with van der Waals surface area (Å²) in [5.74, 6) is -0.717. The molecule has 1 aromatic carbocycles. The van der Waals surface area contributed by atoms with E-state index in [1.165, 1.54) is 6.33 Å². The lowest BCUT2D eigenvalue weighted by Gasteiger charge is -2.08. The van der Waals surface area contributed by atoms with Gasteiger partial charge in [0, 0.05) is 6.07 Å². The van der Waals surface area contributed by atoms with Gasteiger partial charge in [-0.2, -0.15) is 0 Å². The van der Waals surface area contributed by atoms with Crippen LogP contribution in [0, 0.1) is 22.9 Å². The van der Waals surface area contributed by atoms with Crippen LogP contribution in [0.3, 0.4) is 0 Å². The average Bonchev–Trinajstić information content (AvgIpc) is 2.37. The van der Waals surface area contributed by atoms with Gasteiger partial charge in [-0.1, -0.05) is 0 Å². The molecular formula is C11H9FN4O3. The predicted molar refractivity (Wildman–Crippen MR) is 64.3 cm³/mol. The summed E-state index contributed by atoms with van der Waals surface area (Å²) in [6.07, 6.45) is 1.18. The Labute approximate surface area is 107 Å². The first-order valence-electron chi connectivity index (χ1n) is 5.18. The second-order valence-electron chi connectivity index (χ2n) is 3.66. The maximum Gasteiger partial charge on any atom is 0.272 e. The van der Waals surface area contributed by atoms with E-state index in [1.807, 2.05) is 0 Å². The van der Waals surface area contributed by atoms with E-state index in [2.05, 4.69) is 9.97 Å². The summed E-state index contributed by atoms with van der Waals surface area (Å²) in [6.45, 7) is 1.62. The predicted octanol–water partition coefficient (Wildman–Crippen LogP) is 2.21. The lowest BCUT2D eigenvalue weighted by atomic mass is 10.3. The van der Waals surface area contributed by atoms with E-state index in [0.29, 0.717) is 5.56 Å². The number of ether oxygens (including phenoxy) is 1. The number of benzene rings is 1. The van der Waals surface area contributed by atoms with Gasteiger partial charge in [-0.05, 0) is 13.0 Å². The molecule has 8 heteroatoms. The number of nitrogen functional groups attached to an aromatic ring is 1. The fraction of sp³-hybridized carbons (Fsp3) is 0.0909. The van der Waals surface area contributed by atoms with Crippen molar-refractivity contribution in [3.63, 3.8) is 0 Å². The maximum absolute atomic E-state index is 13.6. The summed E-state index contributed by atoms with van der Waals surface area (Å²) >= 11 is 0. The Hall–Kier alpha value is -2.77. The third-order valence-electron chi connectivity index (χ3n) is 2.41. The molecule has 0 spiro atoms. The Morgan fingerprint density at radius 3 is 2.79 bits per heavy atom. The molecule has 98 valence electrons. The summed E-state index contributed by atoms with van der Waals surface area (Å²) in [6, 6.07) is 3.07. The van der Waals surface area contributed by atoms with E-state index in [4.69, 9.17) is 10.5 Å². The van der Waals surface area contributed by atoms with Crippen molar-refractivity contribution in [2.75, 3.05) is 5.73 Å². The number of hydrogen-bond acceptors (Lipinski definition) is 6. The highest BCUT2D eigenvalue weighted by atomic mass is 19.1. The van der Waals surface area contributed by atoms with Crippen LogP contribution in [-0.2, 0) is 0 Å². The van der Waals surface area contributed by atoms with Gasteiger partial charge >= 0.3 is 0 Å². The highest BCUT2D eigenvalue weighted by Crippen LogP contribution is 2.28. The van der Waals surface area contributed by atoms with Crippen LogP contribution in [0.1, 0.15) is 5.56 Å². The molecule has 0 atom stereocenters. The largest absolute Gasteiger partial charge is 0.435 e. The van der Waals surface area contributed by atoms with Crippen LogP contribution < -0.4 is 10.5 Å². The van der Waals surface area contributed by atoms with Crippen LogP contribution in [0.5, 0.6) is 11.6 Å². The van der Waals surface area contributed by atoms with Crippen molar-refractivity contribution in [1.82, 2.24) is 9.97 Å². The molecule has 0 radical (unpaired) electrons. The van der Waals surface area contributed by atoms with Crippen LogP contribution in [0.15, 0.2) is 24.5 Å². The molecular weight excluding hydrogens is 255 g/mol. The Bertz CT molecular complexity index is 648. The minimum absolute atomic E-state index is 0.0975. The summed E-state index contributed by atoms with van der Waals surface area (Å²) in [7, 11) is 0. The van der Waals surface area contributed by atoms with Crippen molar-refractivity contribution >= 4 is 11.5 Å². The summed E-state index contributed by atoms with van der Waals surface area (Å²) in [4.78, 5) is 17.4. The van der Waals surface area contributed by atoms with E-state index in [-0.39, 0.29) is 23.1 Å². The molecule has 0 amide bonds. The molecule has 0 aliphatic rings. The Morgan fingerprint density at radius 1 is 1.42 bits per heavy atom. The van der Waals surface area contributed by atoms with Crippen molar-refractivity contribution in [1.29, 1.82) is 0 Å². The van der Waals surface area contributed by atoms with E-state index >= 15 is 0 Å². The van der Waals surface area contributed by atoms with Gasteiger partial charge < -0.3 is 10.5 Å². The molecule has 2 N–H and O–H groups in total. The Morgan fingerprint density at radius 2 is 2.16 bits per heavy atom. The van der Waals surface area contributed by atoms with Gasteiger partial charge in [0.25, 0.3) is 5.69 Å². The molecule has 0 bridgehead atoms. The third kappa shape index (κ3) is 2.57. The molecule has 19 heavy (non-hydrogen) atoms. The smallest absolute Gasteiger partial charge is 0.272 e. The molecule has 0 aliphatic carbocycles. The first-order chi connectivity index (χ1) is 8.99. The van der Waals surface area contributed by atoms with Gasteiger partial charge in [-0.25, -0.2) is 14.4 Å². The normalized spacial score (nSPS) is 10.2. The number of aromatic nitrogens is 2. The van der Waals surface area contributed by atoms with Crippen LogP contribution in [0.2, 0.25) is 0 Å². The molecule has 0 fully saturated rings. The zero-order chi connectivity index (χ0) is 14.0.